The molecular formula is C29H27N3O4S. The Labute approximate surface area is 221 Å². The molecule has 1 fully saturated rings. The average molecular weight is 514 g/mol. The summed E-state index contributed by atoms with van der Waals surface area (Å²) < 4.78 is 17.2. The van der Waals surface area contributed by atoms with Crippen LogP contribution in [0.1, 0.15) is 47.7 Å². The monoisotopic (exact) mass is 513 g/mol. The maximum atomic E-state index is 12.4. The van der Waals surface area contributed by atoms with E-state index in [0.717, 1.165) is 17.1 Å². The normalized spacial score (nSPS) is 17.1. The van der Waals surface area contributed by atoms with Crippen molar-refractivity contribution in [2.45, 2.75) is 32.0 Å². The second-order valence-corrected chi connectivity index (χ2v) is 9.28. The van der Waals surface area contributed by atoms with Crippen LogP contribution in [0.5, 0.6) is 5.75 Å². The van der Waals surface area contributed by atoms with E-state index in [0.29, 0.717) is 27.8 Å². The third kappa shape index (κ3) is 4.93. The third-order valence-corrected chi connectivity index (χ3v) is 6.42. The van der Waals surface area contributed by atoms with Crippen LogP contribution in [0.4, 0.5) is 5.69 Å². The van der Waals surface area contributed by atoms with Crippen LogP contribution in [0.25, 0.3) is 11.3 Å². The van der Waals surface area contributed by atoms with Crippen LogP contribution in [-0.4, -0.2) is 29.3 Å². The molecule has 0 radical (unpaired) electrons. The number of hydrogen-bond donors (Lipinski definition) is 1. The van der Waals surface area contributed by atoms with Crippen LogP contribution in [0.2, 0.25) is 0 Å². The van der Waals surface area contributed by atoms with Gasteiger partial charge in [-0.25, -0.2) is 4.79 Å². The van der Waals surface area contributed by atoms with Gasteiger partial charge in [-0.1, -0.05) is 24.3 Å². The highest BCUT2D eigenvalue weighted by molar-refractivity contribution is 7.80. The molecule has 1 aliphatic rings. The molecule has 1 saturated heterocycles. The molecule has 0 bridgehead atoms. The van der Waals surface area contributed by atoms with Crippen molar-refractivity contribution >= 4 is 29.0 Å². The first-order valence-electron chi connectivity index (χ1n) is 12.0. The molecule has 1 N–H and O–H groups in total. The number of nitrogens with zero attached hydrogens (tertiary/aromatic N) is 2. The Morgan fingerprint density at radius 3 is 2.49 bits per heavy atom. The summed E-state index contributed by atoms with van der Waals surface area (Å²) in [5, 5.41) is 3.99. The minimum atomic E-state index is -0.422. The number of rotatable bonds is 7. The minimum absolute atomic E-state index is 0.0797. The number of benzene rings is 2. The fourth-order valence-electron chi connectivity index (χ4n) is 4.52. The van der Waals surface area contributed by atoms with Gasteiger partial charge in [0.05, 0.1) is 30.5 Å². The molecule has 7 nitrogen and oxygen atoms in total. The van der Waals surface area contributed by atoms with Gasteiger partial charge < -0.3 is 24.1 Å². The van der Waals surface area contributed by atoms with Crippen molar-refractivity contribution in [3.63, 3.8) is 0 Å². The van der Waals surface area contributed by atoms with Crippen molar-refractivity contribution in [2.75, 3.05) is 12.0 Å². The molecule has 0 spiro atoms. The zero-order valence-electron chi connectivity index (χ0n) is 20.8. The van der Waals surface area contributed by atoms with Crippen LogP contribution in [-0.2, 0) is 4.74 Å². The van der Waals surface area contributed by atoms with Gasteiger partial charge in [0.15, 0.2) is 5.11 Å². The van der Waals surface area contributed by atoms with E-state index >= 15 is 0 Å². The molecule has 4 aromatic rings. The number of ether oxygens (including phenoxy) is 2. The van der Waals surface area contributed by atoms with Crippen LogP contribution in [0.3, 0.4) is 0 Å². The maximum Gasteiger partial charge on any atom is 0.338 e. The molecule has 0 saturated carbocycles. The molecular weight excluding hydrogens is 486 g/mol. The Balaban J connectivity index is 1.57. The molecule has 188 valence electrons. The van der Waals surface area contributed by atoms with Crippen LogP contribution in [0.15, 0.2) is 89.5 Å². The van der Waals surface area contributed by atoms with Gasteiger partial charge in [0.25, 0.3) is 0 Å². The number of pyridine rings is 1. The lowest BCUT2D eigenvalue weighted by molar-refractivity contribution is 0.0601. The zero-order chi connectivity index (χ0) is 25.9. The van der Waals surface area contributed by atoms with Gasteiger partial charge in [-0.15, -0.1) is 0 Å². The highest BCUT2D eigenvalue weighted by Gasteiger charge is 2.42. The van der Waals surface area contributed by atoms with E-state index in [1.807, 2.05) is 85.5 Å². The molecule has 0 aliphatic carbocycles. The molecule has 0 unspecified atom stereocenters. The number of esters is 1. The lowest BCUT2D eigenvalue weighted by Gasteiger charge is -2.26. The van der Waals surface area contributed by atoms with E-state index in [-0.39, 0.29) is 18.2 Å². The van der Waals surface area contributed by atoms with E-state index in [4.69, 9.17) is 26.1 Å². The number of carbonyl (C=O) groups is 1. The molecule has 8 heteroatoms. The highest BCUT2D eigenvalue weighted by Crippen LogP contribution is 2.43. The number of hydrogen-bond acceptors (Lipinski definition) is 6. The number of methoxy groups -OCH3 is 1. The molecule has 0 amide bonds. The summed E-state index contributed by atoms with van der Waals surface area (Å²) in [6.07, 6.45) is 1.84. The fraction of sp³-hybridized carbons (Fsp3) is 0.207. The molecule has 2 atom stereocenters. The predicted molar refractivity (Wildman–Crippen MR) is 146 cm³/mol. The number of furan rings is 1. The summed E-state index contributed by atoms with van der Waals surface area (Å²) in [6.45, 7) is 3.99. The summed E-state index contributed by atoms with van der Waals surface area (Å²) in [5.74, 6) is 1.61. The van der Waals surface area contributed by atoms with Crippen molar-refractivity contribution in [1.82, 2.24) is 10.3 Å². The second-order valence-electron chi connectivity index (χ2n) is 8.90. The second kappa shape index (κ2) is 10.4. The SMILES string of the molecule is COC(=O)c1ccccc1-c1ccc([C@@H]2[C@H](c3ccccn3)NC(=S)N2c2ccc(OC(C)C)cc2)o1. The van der Waals surface area contributed by atoms with Crippen molar-refractivity contribution < 1.29 is 18.7 Å². The van der Waals surface area contributed by atoms with E-state index in [9.17, 15) is 4.79 Å². The zero-order valence-corrected chi connectivity index (χ0v) is 21.6. The van der Waals surface area contributed by atoms with Gasteiger partial charge in [0.1, 0.15) is 23.3 Å². The van der Waals surface area contributed by atoms with E-state index in [1.54, 1.807) is 18.3 Å². The average Bonchev–Trinajstić information content (AvgIpc) is 3.53. The maximum absolute atomic E-state index is 12.4. The first-order valence-corrected chi connectivity index (χ1v) is 12.4. The fourth-order valence-corrected chi connectivity index (χ4v) is 4.87. The van der Waals surface area contributed by atoms with Crippen molar-refractivity contribution in [2.24, 2.45) is 0 Å². The Morgan fingerprint density at radius 2 is 1.78 bits per heavy atom. The highest BCUT2D eigenvalue weighted by atomic mass is 32.1. The minimum Gasteiger partial charge on any atom is -0.491 e. The van der Waals surface area contributed by atoms with Gasteiger partial charge in [-0.2, -0.15) is 0 Å². The smallest absolute Gasteiger partial charge is 0.338 e. The van der Waals surface area contributed by atoms with Crippen LogP contribution >= 0.6 is 12.2 Å². The van der Waals surface area contributed by atoms with E-state index in [1.165, 1.54) is 7.11 Å². The van der Waals surface area contributed by atoms with Gasteiger partial charge in [0, 0.05) is 17.4 Å². The molecule has 5 rings (SSSR count). The molecule has 1 aliphatic heterocycles. The molecule has 37 heavy (non-hydrogen) atoms. The number of aromatic nitrogens is 1. The lowest BCUT2D eigenvalue weighted by Crippen LogP contribution is -2.29. The van der Waals surface area contributed by atoms with Gasteiger partial charge in [-0.05, 0) is 80.7 Å². The number of carbonyl (C=O) groups excluding carboxylic acids is 1. The van der Waals surface area contributed by atoms with Crippen LogP contribution < -0.4 is 15.0 Å². The topological polar surface area (TPSA) is 76.8 Å². The van der Waals surface area contributed by atoms with E-state index < -0.39 is 5.97 Å². The Morgan fingerprint density at radius 1 is 1.03 bits per heavy atom. The molecule has 2 aromatic carbocycles. The van der Waals surface area contributed by atoms with Gasteiger partial charge >= 0.3 is 5.97 Å². The third-order valence-electron chi connectivity index (χ3n) is 6.10. The number of nitrogens with one attached hydrogen (secondary N) is 1. The lowest BCUT2D eigenvalue weighted by atomic mass is 10.0. The number of thiocarbonyl (C=S) groups is 1. The van der Waals surface area contributed by atoms with Gasteiger partial charge in [0.2, 0.25) is 0 Å². The van der Waals surface area contributed by atoms with E-state index in [2.05, 4.69) is 10.3 Å². The summed E-state index contributed by atoms with van der Waals surface area (Å²) in [6, 6.07) is 24.1. The first-order chi connectivity index (χ1) is 18.0. The first kappa shape index (κ1) is 24.5. The standard InChI is InChI=1S/C29H27N3O4S/c1-18(2)35-20-13-11-19(12-14-20)32-27(26(31-29(32)37)23-10-6-7-17-30-23)25-16-15-24(36-25)21-8-4-5-9-22(21)28(33)34-3/h4-18,26-27H,1-3H3,(H,31,37)/t26-,27+/m0/s1. The molecule has 2 aromatic heterocycles. The van der Waals surface area contributed by atoms with Crippen molar-refractivity contribution in [3.8, 4) is 17.1 Å². The van der Waals surface area contributed by atoms with Gasteiger partial charge in [-0.3, -0.25) is 4.98 Å². The Bertz CT molecular complexity index is 1400. The quantitative estimate of drug-likeness (QED) is 0.235. The van der Waals surface area contributed by atoms with Crippen molar-refractivity contribution in [3.05, 3.63) is 102 Å². The summed E-state index contributed by atoms with van der Waals surface area (Å²) in [4.78, 5) is 19.0. The number of anilines is 1. The summed E-state index contributed by atoms with van der Waals surface area (Å²) >= 11 is 5.80. The Hall–Kier alpha value is -4.17. The molecule has 3 heterocycles. The van der Waals surface area contributed by atoms with Crippen LogP contribution in [0, 0.1) is 0 Å². The summed E-state index contributed by atoms with van der Waals surface area (Å²) in [5.41, 5.74) is 2.82. The predicted octanol–water partition coefficient (Wildman–Crippen LogP) is 6.09. The largest absolute Gasteiger partial charge is 0.491 e. The van der Waals surface area contributed by atoms with Crippen molar-refractivity contribution in [1.29, 1.82) is 0 Å². The Kier molecular flexibility index (Phi) is 6.92. The summed E-state index contributed by atoms with van der Waals surface area (Å²) in [7, 11) is 1.37.